The van der Waals surface area contributed by atoms with E-state index in [9.17, 15) is 10.3 Å². The van der Waals surface area contributed by atoms with E-state index in [-0.39, 0.29) is 5.75 Å². The maximum atomic E-state index is 9.58. The molecule has 2 heterocycles. The lowest BCUT2D eigenvalue weighted by molar-refractivity contribution is 0.302. The monoisotopic (exact) mass is 304 g/mol. The lowest BCUT2D eigenvalue weighted by atomic mass is 10.1. The summed E-state index contributed by atoms with van der Waals surface area (Å²) in [7, 11) is 0. The first-order chi connectivity index (χ1) is 11.2. The van der Waals surface area contributed by atoms with Crippen molar-refractivity contribution in [1.29, 1.82) is 0 Å². The molecule has 0 aliphatic rings. The maximum absolute atomic E-state index is 9.58. The van der Waals surface area contributed by atoms with Gasteiger partial charge >= 0.3 is 0 Å². The molecule has 0 atom stereocenters. The van der Waals surface area contributed by atoms with Crippen LogP contribution in [0.15, 0.2) is 70.4 Å². The first kappa shape index (κ1) is 13.3. The van der Waals surface area contributed by atoms with Crippen LogP contribution in [-0.4, -0.2) is 15.3 Å². The van der Waals surface area contributed by atoms with E-state index in [1.807, 2.05) is 30.3 Å². The molecule has 0 unspecified atom stereocenters. The summed E-state index contributed by atoms with van der Waals surface area (Å²) in [5, 5.41) is 25.0. The molecule has 0 fully saturated rings. The van der Waals surface area contributed by atoms with Gasteiger partial charge in [0.15, 0.2) is 5.76 Å². The fourth-order valence-electron chi connectivity index (χ4n) is 2.58. The Morgan fingerprint density at radius 2 is 1.78 bits per heavy atom. The highest BCUT2D eigenvalue weighted by Gasteiger charge is 2.09. The van der Waals surface area contributed by atoms with Gasteiger partial charge in [0.25, 0.3) is 0 Å². The Morgan fingerprint density at radius 1 is 0.957 bits per heavy atom. The predicted octanol–water partition coefficient (Wildman–Crippen LogP) is 3.64. The number of phenols is 1. The van der Waals surface area contributed by atoms with Crippen molar-refractivity contribution in [3.8, 4) is 17.2 Å². The highest BCUT2D eigenvalue weighted by molar-refractivity contribution is 5.85. The standard InChI is InChI=1S/C18H12N2O3/c21-13-5-6-17-14(8-13)15(20-22)9-18(23-17)16-7-11-3-1-2-4-12(11)10-19-16/h1-10,21-22H/b20-15+. The van der Waals surface area contributed by atoms with Crippen LogP contribution >= 0.6 is 0 Å². The highest BCUT2D eigenvalue weighted by atomic mass is 16.4. The molecule has 0 radical (unpaired) electrons. The number of pyridine rings is 1. The highest BCUT2D eigenvalue weighted by Crippen LogP contribution is 2.25. The molecule has 0 amide bonds. The minimum atomic E-state index is 0.0779. The first-order valence-corrected chi connectivity index (χ1v) is 7.05. The van der Waals surface area contributed by atoms with Gasteiger partial charge in [0.2, 0.25) is 0 Å². The van der Waals surface area contributed by atoms with E-state index in [0.29, 0.717) is 27.8 Å². The van der Waals surface area contributed by atoms with Gasteiger partial charge < -0.3 is 14.7 Å². The smallest absolute Gasteiger partial charge is 0.155 e. The molecule has 0 aliphatic carbocycles. The fraction of sp³-hybridized carbons (Fsp3) is 0. The van der Waals surface area contributed by atoms with Gasteiger partial charge in [-0.3, -0.25) is 4.98 Å². The van der Waals surface area contributed by atoms with Crippen LogP contribution in [0.5, 0.6) is 5.75 Å². The number of benzene rings is 2. The average Bonchev–Trinajstić information content (AvgIpc) is 2.60. The summed E-state index contributed by atoms with van der Waals surface area (Å²) >= 11 is 0. The van der Waals surface area contributed by atoms with Gasteiger partial charge in [-0.1, -0.05) is 29.4 Å². The first-order valence-electron chi connectivity index (χ1n) is 7.05. The van der Waals surface area contributed by atoms with Gasteiger partial charge in [-0.25, -0.2) is 0 Å². The average molecular weight is 304 g/mol. The van der Waals surface area contributed by atoms with Crippen LogP contribution in [0, 0.1) is 0 Å². The van der Waals surface area contributed by atoms with E-state index in [2.05, 4.69) is 10.1 Å². The van der Waals surface area contributed by atoms with E-state index < -0.39 is 0 Å². The minimum Gasteiger partial charge on any atom is -0.508 e. The largest absolute Gasteiger partial charge is 0.508 e. The van der Waals surface area contributed by atoms with Crippen molar-refractivity contribution in [2.75, 3.05) is 0 Å². The molecular weight excluding hydrogens is 292 g/mol. The van der Waals surface area contributed by atoms with Crippen molar-refractivity contribution >= 4 is 21.7 Å². The Morgan fingerprint density at radius 3 is 2.61 bits per heavy atom. The van der Waals surface area contributed by atoms with Gasteiger partial charge in [0.05, 0.1) is 5.39 Å². The molecule has 4 rings (SSSR count). The molecule has 4 aromatic rings. The van der Waals surface area contributed by atoms with Crippen molar-refractivity contribution in [1.82, 2.24) is 4.98 Å². The second kappa shape index (κ2) is 5.14. The van der Waals surface area contributed by atoms with Crippen molar-refractivity contribution < 1.29 is 14.7 Å². The molecule has 0 aliphatic heterocycles. The second-order valence-corrected chi connectivity index (χ2v) is 5.19. The second-order valence-electron chi connectivity index (χ2n) is 5.19. The van der Waals surface area contributed by atoms with Crippen LogP contribution in [0.25, 0.3) is 33.2 Å². The van der Waals surface area contributed by atoms with E-state index >= 15 is 0 Å². The molecule has 2 aromatic carbocycles. The van der Waals surface area contributed by atoms with E-state index in [4.69, 9.17) is 4.42 Å². The lowest BCUT2D eigenvalue weighted by Crippen LogP contribution is -2.03. The Labute approximate surface area is 130 Å². The normalized spacial score (nSPS) is 12.1. The summed E-state index contributed by atoms with van der Waals surface area (Å²) < 4.78 is 5.85. The third-order valence-corrected chi connectivity index (χ3v) is 3.72. The summed E-state index contributed by atoms with van der Waals surface area (Å²) in [6.45, 7) is 0. The molecule has 2 aromatic heterocycles. The van der Waals surface area contributed by atoms with Gasteiger partial charge in [-0.15, -0.1) is 0 Å². The van der Waals surface area contributed by atoms with E-state index in [0.717, 1.165) is 10.8 Å². The van der Waals surface area contributed by atoms with E-state index in [1.165, 1.54) is 12.1 Å². The van der Waals surface area contributed by atoms with Crippen LogP contribution in [0.2, 0.25) is 0 Å². The number of aromatic hydroxyl groups is 1. The van der Waals surface area contributed by atoms with Crippen LogP contribution in [-0.2, 0) is 0 Å². The zero-order valence-electron chi connectivity index (χ0n) is 12.0. The molecular formula is C18H12N2O3. The van der Waals surface area contributed by atoms with Crippen LogP contribution < -0.4 is 5.36 Å². The van der Waals surface area contributed by atoms with Crippen LogP contribution in [0.3, 0.4) is 0 Å². The van der Waals surface area contributed by atoms with Gasteiger partial charge in [0.1, 0.15) is 22.4 Å². The van der Waals surface area contributed by atoms with Crippen LogP contribution in [0.1, 0.15) is 0 Å². The topological polar surface area (TPSA) is 78.9 Å². The van der Waals surface area contributed by atoms with Crippen molar-refractivity contribution in [2.45, 2.75) is 0 Å². The Hall–Kier alpha value is -3.34. The van der Waals surface area contributed by atoms with E-state index in [1.54, 1.807) is 18.3 Å². The quantitative estimate of drug-likeness (QED) is 0.415. The number of rotatable bonds is 1. The van der Waals surface area contributed by atoms with Crippen molar-refractivity contribution in [3.05, 3.63) is 66.2 Å². The molecule has 2 N–H and O–H groups in total. The predicted molar refractivity (Wildman–Crippen MR) is 86.0 cm³/mol. The number of fused-ring (bicyclic) bond motifs is 2. The summed E-state index contributed by atoms with van der Waals surface area (Å²) in [5.74, 6) is 0.566. The SMILES string of the molecule is O/N=c1\cc(-c2cc3ccccc3cn2)oc2ccc(O)cc12. The molecule has 0 saturated carbocycles. The molecule has 112 valence electrons. The molecule has 0 spiro atoms. The fourth-order valence-corrected chi connectivity index (χ4v) is 2.58. The summed E-state index contributed by atoms with van der Waals surface area (Å²) in [4.78, 5) is 4.41. The summed E-state index contributed by atoms with van der Waals surface area (Å²) in [6, 6.07) is 16.1. The summed E-state index contributed by atoms with van der Waals surface area (Å²) in [5.41, 5.74) is 1.15. The summed E-state index contributed by atoms with van der Waals surface area (Å²) in [6.07, 6.45) is 1.77. The van der Waals surface area contributed by atoms with Gasteiger partial charge in [0, 0.05) is 17.6 Å². The van der Waals surface area contributed by atoms with Crippen molar-refractivity contribution in [2.24, 2.45) is 5.16 Å². The number of nitrogens with zero attached hydrogens (tertiary/aromatic N) is 2. The van der Waals surface area contributed by atoms with Crippen molar-refractivity contribution in [3.63, 3.8) is 0 Å². The lowest BCUT2D eigenvalue weighted by Gasteiger charge is -2.05. The minimum absolute atomic E-state index is 0.0779. The van der Waals surface area contributed by atoms with Gasteiger partial charge in [-0.2, -0.15) is 0 Å². The Kier molecular flexibility index (Phi) is 2.98. The number of hydrogen-bond acceptors (Lipinski definition) is 5. The Balaban J connectivity index is 1.99. The maximum Gasteiger partial charge on any atom is 0.155 e. The molecule has 5 heteroatoms. The molecule has 0 saturated heterocycles. The Bertz CT molecular complexity index is 1100. The molecule has 0 bridgehead atoms. The molecule has 5 nitrogen and oxygen atoms in total. The number of phenolic OH excluding ortho intramolecular Hbond substituents is 1. The number of hydrogen-bond donors (Lipinski definition) is 2. The molecule has 23 heavy (non-hydrogen) atoms. The van der Waals surface area contributed by atoms with Gasteiger partial charge in [-0.05, 0) is 29.7 Å². The van der Waals surface area contributed by atoms with Crippen LogP contribution in [0.4, 0.5) is 0 Å². The number of aromatic nitrogens is 1. The third-order valence-electron chi connectivity index (χ3n) is 3.72. The third kappa shape index (κ3) is 2.28. The zero-order valence-corrected chi connectivity index (χ0v) is 12.0. The zero-order chi connectivity index (χ0) is 15.8.